The van der Waals surface area contributed by atoms with Crippen LogP contribution in [0.25, 0.3) is 10.9 Å². The molecule has 5 nitrogen and oxygen atoms in total. The predicted octanol–water partition coefficient (Wildman–Crippen LogP) is 3.56. The topological polar surface area (TPSA) is 57.4 Å². The lowest BCUT2D eigenvalue weighted by atomic mass is 9.95. The molecule has 2 N–H and O–H groups in total. The third-order valence-electron chi connectivity index (χ3n) is 5.92. The molecule has 0 amide bonds. The Labute approximate surface area is 171 Å². The molecular weight excluding hydrogens is 362 g/mol. The molecule has 0 radical (unpaired) electrons. The van der Waals surface area contributed by atoms with Crippen LogP contribution < -0.4 is 15.6 Å². The molecule has 1 atom stereocenters. The number of nitrogens with one attached hydrogen (secondary N) is 2. The molecule has 1 fully saturated rings. The number of nitrogens with zero attached hydrogens (tertiary/aromatic N) is 1. The summed E-state index contributed by atoms with van der Waals surface area (Å²) in [6.45, 7) is 9.14. The van der Waals surface area contributed by atoms with Crippen molar-refractivity contribution in [2.75, 3.05) is 32.8 Å². The Kier molecular flexibility index (Phi) is 5.97. The van der Waals surface area contributed by atoms with Crippen molar-refractivity contribution in [1.82, 2.24) is 15.2 Å². The number of H-pyrrole nitrogens is 1. The number of pyridine rings is 1. The van der Waals surface area contributed by atoms with Gasteiger partial charge in [-0.1, -0.05) is 18.2 Å². The average Bonchev–Trinajstić information content (AvgIpc) is 2.73. The normalized spacial score (nSPS) is 17.5. The van der Waals surface area contributed by atoms with E-state index < -0.39 is 0 Å². The average molecular weight is 392 g/mol. The smallest absolute Gasteiger partial charge is 0.248 e. The monoisotopic (exact) mass is 391 g/mol. The fourth-order valence-corrected chi connectivity index (χ4v) is 4.13. The van der Waals surface area contributed by atoms with Gasteiger partial charge in [0, 0.05) is 44.4 Å². The summed E-state index contributed by atoms with van der Waals surface area (Å²) < 4.78 is 5.96. The minimum atomic E-state index is -0.0918. The van der Waals surface area contributed by atoms with Gasteiger partial charge in [0.25, 0.3) is 0 Å². The first-order valence-electron chi connectivity index (χ1n) is 10.4. The highest BCUT2D eigenvalue weighted by Crippen LogP contribution is 2.27. The van der Waals surface area contributed by atoms with Gasteiger partial charge in [0.05, 0.1) is 12.1 Å². The minimum absolute atomic E-state index is 0.0918. The van der Waals surface area contributed by atoms with Gasteiger partial charge in [-0.2, -0.15) is 0 Å². The molecule has 0 aliphatic carbocycles. The van der Waals surface area contributed by atoms with Crippen LogP contribution in [-0.2, 0) is 0 Å². The Hall–Kier alpha value is -2.63. The summed E-state index contributed by atoms with van der Waals surface area (Å²) >= 11 is 0. The second-order valence-electron chi connectivity index (χ2n) is 7.82. The van der Waals surface area contributed by atoms with Gasteiger partial charge in [0.15, 0.2) is 0 Å². The molecule has 152 valence electrons. The zero-order valence-corrected chi connectivity index (χ0v) is 17.2. The molecule has 0 saturated carbocycles. The third-order valence-corrected chi connectivity index (χ3v) is 5.92. The van der Waals surface area contributed by atoms with E-state index in [0.29, 0.717) is 12.6 Å². The Bertz CT molecular complexity index is 1040. The highest BCUT2D eigenvalue weighted by atomic mass is 16.5. The number of rotatable bonds is 6. The molecule has 2 aromatic carbocycles. The van der Waals surface area contributed by atoms with Crippen molar-refractivity contribution in [2.24, 2.45) is 0 Å². The number of benzene rings is 2. The maximum atomic E-state index is 11.5. The molecule has 1 saturated heterocycles. The molecule has 3 aromatic rings. The van der Waals surface area contributed by atoms with Crippen LogP contribution in [0.1, 0.15) is 29.2 Å². The van der Waals surface area contributed by atoms with E-state index in [1.807, 2.05) is 24.3 Å². The van der Waals surface area contributed by atoms with E-state index in [1.54, 1.807) is 6.07 Å². The van der Waals surface area contributed by atoms with Crippen molar-refractivity contribution in [3.05, 3.63) is 75.6 Å². The van der Waals surface area contributed by atoms with Gasteiger partial charge in [0.2, 0.25) is 5.56 Å². The van der Waals surface area contributed by atoms with Gasteiger partial charge in [0.1, 0.15) is 5.75 Å². The van der Waals surface area contributed by atoms with E-state index >= 15 is 0 Å². The second kappa shape index (κ2) is 8.80. The van der Waals surface area contributed by atoms with Crippen molar-refractivity contribution >= 4 is 10.9 Å². The first-order chi connectivity index (χ1) is 14.1. The van der Waals surface area contributed by atoms with E-state index in [-0.39, 0.29) is 5.56 Å². The van der Waals surface area contributed by atoms with Crippen LogP contribution >= 0.6 is 0 Å². The lowest BCUT2D eigenvalue weighted by Crippen LogP contribution is -2.46. The molecule has 2 heterocycles. The van der Waals surface area contributed by atoms with Gasteiger partial charge in [-0.3, -0.25) is 9.69 Å². The van der Waals surface area contributed by atoms with Crippen molar-refractivity contribution in [2.45, 2.75) is 26.3 Å². The molecule has 1 aromatic heterocycles. The number of aromatic nitrogens is 1. The van der Waals surface area contributed by atoms with E-state index in [9.17, 15) is 4.79 Å². The maximum absolute atomic E-state index is 11.5. The zero-order chi connectivity index (χ0) is 20.2. The number of aryl methyl sites for hydroxylation is 1. The lowest BCUT2D eigenvalue weighted by molar-refractivity contribution is 0.149. The summed E-state index contributed by atoms with van der Waals surface area (Å²) in [6, 6.07) is 16.2. The summed E-state index contributed by atoms with van der Waals surface area (Å²) in [7, 11) is 0. The Morgan fingerprint density at radius 2 is 2.00 bits per heavy atom. The van der Waals surface area contributed by atoms with Gasteiger partial charge >= 0.3 is 0 Å². The second-order valence-corrected chi connectivity index (χ2v) is 7.82. The highest BCUT2D eigenvalue weighted by Gasteiger charge is 2.24. The van der Waals surface area contributed by atoms with Crippen LogP contribution in [0.3, 0.4) is 0 Å². The van der Waals surface area contributed by atoms with Crippen LogP contribution in [0, 0.1) is 13.8 Å². The van der Waals surface area contributed by atoms with Crippen LogP contribution in [0.5, 0.6) is 5.75 Å². The fraction of sp³-hybridized carbons (Fsp3) is 0.375. The number of aromatic amines is 1. The fourth-order valence-electron chi connectivity index (χ4n) is 4.13. The lowest BCUT2D eigenvalue weighted by Gasteiger charge is -2.37. The van der Waals surface area contributed by atoms with Crippen LogP contribution in [0.2, 0.25) is 0 Å². The van der Waals surface area contributed by atoms with E-state index in [4.69, 9.17) is 4.74 Å². The Morgan fingerprint density at radius 3 is 2.90 bits per heavy atom. The standard InChI is InChI=1S/C24H29N3O2/c1-17-5-3-6-21(18(17)2)23-16-25-11-13-27(23)12-4-14-29-20-9-7-19-8-10-24(28)26-22(19)15-20/h3,5-10,15,23,25H,4,11-14,16H2,1-2H3,(H,26,28). The molecule has 0 spiro atoms. The number of hydrogen-bond acceptors (Lipinski definition) is 4. The van der Waals surface area contributed by atoms with Gasteiger partial charge in [-0.25, -0.2) is 0 Å². The molecule has 1 unspecified atom stereocenters. The van der Waals surface area contributed by atoms with Gasteiger partial charge in [-0.05, 0) is 60.5 Å². The summed E-state index contributed by atoms with van der Waals surface area (Å²) in [5.41, 5.74) is 4.90. The van der Waals surface area contributed by atoms with Gasteiger partial charge < -0.3 is 15.0 Å². The molecule has 1 aliphatic rings. The van der Waals surface area contributed by atoms with Crippen molar-refractivity contribution in [3.8, 4) is 5.75 Å². The number of ether oxygens (including phenoxy) is 1. The number of fused-ring (bicyclic) bond motifs is 1. The first kappa shape index (κ1) is 19.7. The summed E-state index contributed by atoms with van der Waals surface area (Å²) in [4.78, 5) is 16.9. The van der Waals surface area contributed by atoms with E-state index in [2.05, 4.69) is 47.2 Å². The van der Waals surface area contributed by atoms with Gasteiger partial charge in [-0.15, -0.1) is 0 Å². The maximum Gasteiger partial charge on any atom is 0.248 e. The molecule has 4 rings (SSSR count). The zero-order valence-electron chi connectivity index (χ0n) is 17.2. The van der Waals surface area contributed by atoms with E-state index in [0.717, 1.165) is 49.3 Å². The molecule has 0 bridgehead atoms. The van der Waals surface area contributed by atoms with Crippen molar-refractivity contribution in [1.29, 1.82) is 0 Å². The minimum Gasteiger partial charge on any atom is -0.493 e. The van der Waals surface area contributed by atoms with E-state index in [1.165, 1.54) is 16.7 Å². The number of piperazine rings is 1. The number of hydrogen-bond donors (Lipinski definition) is 2. The third kappa shape index (κ3) is 4.52. The Balaban J connectivity index is 1.36. The molecular formula is C24H29N3O2. The Morgan fingerprint density at radius 1 is 1.14 bits per heavy atom. The van der Waals surface area contributed by atoms with Crippen LogP contribution in [0.15, 0.2) is 53.3 Å². The van der Waals surface area contributed by atoms with Crippen LogP contribution in [-0.4, -0.2) is 42.7 Å². The molecule has 1 aliphatic heterocycles. The van der Waals surface area contributed by atoms with Crippen molar-refractivity contribution < 1.29 is 4.74 Å². The first-order valence-corrected chi connectivity index (χ1v) is 10.4. The van der Waals surface area contributed by atoms with Crippen LogP contribution in [0.4, 0.5) is 0 Å². The largest absolute Gasteiger partial charge is 0.493 e. The summed E-state index contributed by atoms with van der Waals surface area (Å²) in [5.74, 6) is 0.797. The molecule has 5 heteroatoms. The van der Waals surface area contributed by atoms with Crippen molar-refractivity contribution in [3.63, 3.8) is 0 Å². The SMILES string of the molecule is Cc1cccc(C2CNCCN2CCCOc2ccc3ccc(=O)[nH]c3c2)c1C. The molecule has 29 heavy (non-hydrogen) atoms. The quantitative estimate of drug-likeness (QED) is 0.631. The highest BCUT2D eigenvalue weighted by molar-refractivity contribution is 5.79. The summed E-state index contributed by atoms with van der Waals surface area (Å²) in [6.07, 6.45) is 0.963. The summed E-state index contributed by atoms with van der Waals surface area (Å²) in [5, 5.41) is 4.55. The predicted molar refractivity (Wildman–Crippen MR) is 118 cm³/mol.